The number of amides is 1. The number of hydrogen-bond acceptors (Lipinski definition) is 2. The highest BCUT2D eigenvalue weighted by molar-refractivity contribution is 6.27. The highest BCUT2D eigenvalue weighted by atomic mass is 28.2. The second kappa shape index (κ2) is 7.49. The fraction of sp³-hybridized carbons (Fsp3) is 0.571. The Hall–Kier alpha value is -0.613. The lowest BCUT2D eigenvalue weighted by Gasteiger charge is -2.06. The zero-order valence-corrected chi connectivity index (χ0v) is 7.51. The van der Waals surface area contributed by atoms with Gasteiger partial charge in [-0.2, -0.15) is 0 Å². The van der Waals surface area contributed by atoms with Crippen LogP contribution in [-0.4, -0.2) is 22.3 Å². The van der Waals surface area contributed by atoms with Crippen molar-refractivity contribution in [3.05, 3.63) is 12.7 Å². The molecule has 2 radical (unpaired) electrons. The minimum absolute atomic E-state index is 0.481. The van der Waals surface area contributed by atoms with E-state index in [-0.39, 0.29) is 0 Å². The van der Waals surface area contributed by atoms with Crippen molar-refractivity contribution in [3.63, 3.8) is 0 Å². The van der Waals surface area contributed by atoms with E-state index in [0.717, 1.165) is 22.4 Å². The van der Waals surface area contributed by atoms with Gasteiger partial charge in [0.25, 0.3) is 0 Å². The van der Waals surface area contributed by atoms with E-state index >= 15 is 0 Å². The maximum atomic E-state index is 9.47. The van der Waals surface area contributed by atoms with Crippen molar-refractivity contribution in [2.75, 3.05) is 6.61 Å². The molecule has 0 spiro atoms. The van der Waals surface area contributed by atoms with Gasteiger partial charge in [-0.15, -0.1) is 0 Å². The molecule has 0 aromatic heterocycles. The smallest absolute Gasteiger partial charge is 0.240 e. The molecule has 0 aromatic rings. The number of hydrogen-bond donors (Lipinski definition) is 1. The van der Waals surface area contributed by atoms with Crippen LogP contribution in [0.5, 0.6) is 0 Å². The second-order valence-corrected chi connectivity index (χ2v) is 3.13. The fourth-order valence-electron chi connectivity index (χ4n) is 0.516. The second-order valence-electron chi connectivity index (χ2n) is 2.06. The summed E-state index contributed by atoms with van der Waals surface area (Å²) in [6.07, 6.45) is 3.73. The Labute approximate surface area is 69.6 Å². The number of carbonyl (C=O) groups is 1. The minimum atomic E-state index is -0.481. The van der Waals surface area contributed by atoms with E-state index in [0.29, 0.717) is 0 Å². The average molecular weight is 171 g/mol. The molecule has 0 unspecified atom stereocenters. The van der Waals surface area contributed by atoms with E-state index in [4.69, 9.17) is 4.43 Å². The van der Waals surface area contributed by atoms with Gasteiger partial charge in [-0.1, -0.05) is 13.0 Å². The van der Waals surface area contributed by atoms with Crippen molar-refractivity contribution in [2.45, 2.75) is 18.9 Å². The first-order valence-electron chi connectivity index (χ1n) is 3.54. The number of primary amides is 1. The zero-order valence-electron chi connectivity index (χ0n) is 6.51. The molecule has 0 aromatic carbocycles. The SMILES string of the molecule is C1CC[Si]OC1.C=CC(N)=O. The topological polar surface area (TPSA) is 52.3 Å². The molecule has 1 saturated heterocycles. The lowest BCUT2D eigenvalue weighted by molar-refractivity contribution is -0.113. The molecule has 62 valence electrons. The van der Waals surface area contributed by atoms with Gasteiger partial charge in [0.15, 0.2) is 0 Å². The van der Waals surface area contributed by atoms with Gasteiger partial charge in [0, 0.05) is 6.61 Å². The predicted molar refractivity (Wildman–Crippen MR) is 45.1 cm³/mol. The maximum absolute atomic E-state index is 9.47. The summed E-state index contributed by atoms with van der Waals surface area (Å²) in [7, 11) is 0.802. The molecule has 1 amide bonds. The first-order valence-corrected chi connectivity index (χ1v) is 4.65. The van der Waals surface area contributed by atoms with Crippen LogP contribution in [0.15, 0.2) is 12.7 Å². The number of rotatable bonds is 1. The third-order valence-corrected chi connectivity index (χ3v) is 2.04. The molecule has 0 aliphatic carbocycles. The lowest BCUT2D eigenvalue weighted by Crippen LogP contribution is -2.06. The molecule has 0 bridgehead atoms. The highest BCUT2D eigenvalue weighted by Gasteiger charge is 1.97. The molecule has 0 atom stereocenters. The standard InChI is InChI=1S/C4H8OSi.C3H5NO/c1-2-4-6-5-3-1;1-2-3(4)5/h1-4H2;2H,1H2,(H2,4,5). The van der Waals surface area contributed by atoms with Gasteiger partial charge in [0.1, 0.15) is 0 Å². The lowest BCUT2D eigenvalue weighted by atomic mass is 10.4. The first-order chi connectivity index (χ1) is 5.27. The Balaban J connectivity index is 0.000000187. The Kier molecular flexibility index (Phi) is 7.08. The van der Waals surface area contributed by atoms with E-state index in [9.17, 15) is 4.79 Å². The summed E-state index contributed by atoms with van der Waals surface area (Å²) >= 11 is 0. The first kappa shape index (κ1) is 10.4. The summed E-state index contributed by atoms with van der Waals surface area (Å²) in [5.41, 5.74) is 4.53. The molecular weight excluding hydrogens is 158 g/mol. The van der Waals surface area contributed by atoms with Crippen molar-refractivity contribution in [1.29, 1.82) is 0 Å². The van der Waals surface area contributed by atoms with Gasteiger partial charge < -0.3 is 10.2 Å². The molecule has 1 aliphatic heterocycles. The Bertz CT molecular complexity index is 112. The average Bonchev–Trinajstić information content (AvgIpc) is 2.09. The number of carbonyl (C=O) groups excluding carboxylic acids is 1. The van der Waals surface area contributed by atoms with Gasteiger partial charge >= 0.3 is 0 Å². The van der Waals surface area contributed by atoms with E-state index in [2.05, 4.69) is 12.3 Å². The quantitative estimate of drug-likeness (QED) is 0.461. The van der Waals surface area contributed by atoms with Crippen LogP contribution in [0.3, 0.4) is 0 Å². The molecule has 1 aliphatic rings. The van der Waals surface area contributed by atoms with Gasteiger partial charge in [0.2, 0.25) is 15.7 Å². The summed E-state index contributed by atoms with van der Waals surface area (Å²) in [5, 5.41) is 0. The van der Waals surface area contributed by atoms with Crippen LogP contribution in [0, 0.1) is 0 Å². The normalized spacial score (nSPS) is 16.0. The maximum Gasteiger partial charge on any atom is 0.240 e. The van der Waals surface area contributed by atoms with Gasteiger partial charge in [-0.05, 0) is 18.5 Å². The van der Waals surface area contributed by atoms with Crippen LogP contribution < -0.4 is 5.73 Å². The van der Waals surface area contributed by atoms with Gasteiger partial charge in [0.05, 0.1) is 0 Å². The number of nitrogens with two attached hydrogens (primary N) is 1. The summed E-state index contributed by atoms with van der Waals surface area (Å²) < 4.78 is 5.10. The summed E-state index contributed by atoms with van der Waals surface area (Å²) in [5.74, 6) is -0.481. The van der Waals surface area contributed by atoms with E-state index < -0.39 is 5.91 Å². The largest absolute Gasteiger partial charge is 0.417 e. The summed E-state index contributed by atoms with van der Waals surface area (Å²) in [4.78, 5) is 9.47. The summed E-state index contributed by atoms with van der Waals surface area (Å²) in [6.45, 7) is 4.10. The van der Waals surface area contributed by atoms with E-state index in [1.807, 2.05) is 0 Å². The Morgan fingerprint density at radius 1 is 1.64 bits per heavy atom. The van der Waals surface area contributed by atoms with E-state index in [1.54, 1.807) is 0 Å². The van der Waals surface area contributed by atoms with Gasteiger partial charge in [-0.25, -0.2) is 0 Å². The molecule has 4 heteroatoms. The van der Waals surface area contributed by atoms with Crippen molar-refractivity contribution in [2.24, 2.45) is 5.73 Å². The van der Waals surface area contributed by atoms with Crippen LogP contribution in [0.25, 0.3) is 0 Å². The molecule has 1 fully saturated rings. The van der Waals surface area contributed by atoms with Crippen LogP contribution >= 0.6 is 0 Å². The predicted octanol–water partition coefficient (Wildman–Crippen LogP) is 0.492. The van der Waals surface area contributed by atoms with Crippen molar-refractivity contribution >= 4 is 15.7 Å². The molecule has 1 rings (SSSR count). The molecular formula is C7H13NO2Si. The monoisotopic (exact) mass is 171 g/mol. The van der Waals surface area contributed by atoms with Crippen molar-refractivity contribution in [1.82, 2.24) is 0 Å². The van der Waals surface area contributed by atoms with Crippen LogP contribution in [-0.2, 0) is 9.22 Å². The molecule has 3 nitrogen and oxygen atoms in total. The van der Waals surface area contributed by atoms with E-state index in [1.165, 1.54) is 18.9 Å². The Morgan fingerprint density at radius 2 is 2.27 bits per heavy atom. The van der Waals surface area contributed by atoms with Crippen LogP contribution in [0.4, 0.5) is 0 Å². The van der Waals surface area contributed by atoms with Crippen molar-refractivity contribution < 1.29 is 9.22 Å². The van der Waals surface area contributed by atoms with Crippen molar-refractivity contribution in [3.8, 4) is 0 Å². The minimum Gasteiger partial charge on any atom is -0.417 e. The molecule has 11 heavy (non-hydrogen) atoms. The molecule has 0 saturated carbocycles. The van der Waals surface area contributed by atoms with Crippen LogP contribution in [0.1, 0.15) is 12.8 Å². The van der Waals surface area contributed by atoms with Gasteiger partial charge in [-0.3, -0.25) is 4.79 Å². The third kappa shape index (κ3) is 9.39. The fourth-order valence-corrected chi connectivity index (χ4v) is 1.34. The highest BCUT2D eigenvalue weighted by Crippen LogP contribution is 2.01. The van der Waals surface area contributed by atoms with Crippen LogP contribution in [0.2, 0.25) is 6.04 Å². The zero-order chi connectivity index (χ0) is 8.53. The molecule has 1 heterocycles. The summed E-state index contributed by atoms with van der Waals surface area (Å²) in [6, 6.07) is 1.31. The molecule has 2 N–H and O–H groups in total. The third-order valence-electron chi connectivity index (χ3n) is 1.08. The Morgan fingerprint density at radius 3 is 2.36 bits per heavy atom.